The van der Waals surface area contributed by atoms with Crippen LogP contribution in [0.25, 0.3) is 0 Å². The van der Waals surface area contributed by atoms with Gasteiger partial charge in [-0.2, -0.15) is 13.2 Å². The fourth-order valence-corrected chi connectivity index (χ4v) is 5.62. The average molecular weight is 554 g/mol. The van der Waals surface area contributed by atoms with Crippen LogP contribution in [0.15, 0.2) is 60.8 Å². The Balaban J connectivity index is 1.42. The highest BCUT2D eigenvalue weighted by Crippen LogP contribution is 2.58. The number of primary amides is 1. The molecule has 0 radical (unpaired) electrons. The summed E-state index contributed by atoms with van der Waals surface area (Å²) >= 11 is 0. The summed E-state index contributed by atoms with van der Waals surface area (Å²) in [5.74, 6) is -1.28. The zero-order valence-electron chi connectivity index (χ0n) is 21.7. The Hall–Kier alpha value is -4.15. The highest BCUT2D eigenvalue weighted by molar-refractivity contribution is 5.85. The number of hydrogen-bond acceptors (Lipinski definition) is 5. The fourth-order valence-electron chi connectivity index (χ4n) is 5.62. The van der Waals surface area contributed by atoms with Gasteiger partial charge in [0.15, 0.2) is 0 Å². The number of alkyl halides is 3. The number of nitrogens with one attached hydrogen (secondary N) is 1. The number of carbonyl (C=O) groups is 2. The van der Waals surface area contributed by atoms with Gasteiger partial charge in [0.05, 0.1) is 16.7 Å². The Labute approximate surface area is 229 Å². The van der Waals surface area contributed by atoms with Crippen LogP contribution in [-0.4, -0.2) is 45.1 Å². The van der Waals surface area contributed by atoms with Crippen LogP contribution in [0.3, 0.4) is 0 Å². The molecular weight excluding hydrogens is 523 g/mol. The summed E-state index contributed by atoms with van der Waals surface area (Å²) in [7, 11) is 0. The quantitative estimate of drug-likeness (QED) is 0.330. The maximum atomic E-state index is 14.2. The Morgan fingerprint density at radius 1 is 1.07 bits per heavy atom. The number of aromatic nitrogens is 2. The highest BCUT2D eigenvalue weighted by atomic mass is 19.4. The number of benzene rings is 2. The number of piperidine rings is 1. The van der Waals surface area contributed by atoms with E-state index in [9.17, 15) is 22.8 Å². The molecule has 1 unspecified atom stereocenters. The summed E-state index contributed by atoms with van der Waals surface area (Å²) in [5.41, 5.74) is 5.85. The predicted octanol–water partition coefficient (Wildman–Crippen LogP) is 5.69. The van der Waals surface area contributed by atoms with Crippen LogP contribution in [0.5, 0.6) is 0 Å². The minimum absolute atomic E-state index is 0.0103. The summed E-state index contributed by atoms with van der Waals surface area (Å²) in [4.78, 5) is 33.4. The monoisotopic (exact) mass is 553 g/mol. The van der Waals surface area contributed by atoms with Crippen molar-refractivity contribution < 1.29 is 27.9 Å². The molecule has 1 aliphatic heterocycles. The Kier molecular flexibility index (Phi) is 7.39. The third-order valence-corrected chi connectivity index (χ3v) is 8.09. The lowest BCUT2D eigenvalue weighted by Gasteiger charge is -2.30. The maximum absolute atomic E-state index is 14.2. The lowest BCUT2D eigenvalue weighted by molar-refractivity contribution is -0.139. The zero-order chi connectivity index (χ0) is 28.5. The second kappa shape index (κ2) is 10.8. The van der Waals surface area contributed by atoms with E-state index >= 15 is 0 Å². The van der Waals surface area contributed by atoms with Gasteiger partial charge in [0, 0.05) is 30.9 Å². The van der Waals surface area contributed by atoms with Crippen LogP contribution in [0.2, 0.25) is 0 Å². The number of carbonyl (C=O) groups excluding carboxylic acids is 1. The first kappa shape index (κ1) is 27.4. The first-order valence-corrected chi connectivity index (χ1v) is 13.2. The third-order valence-electron chi connectivity index (χ3n) is 8.09. The second-order valence-electron chi connectivity index (χ2n) is 10.5. The number of anilines is 2. The molecule has 11 heteroatoms. The Morgan fingerprint density at radius 3 is 2.27 bits per heavy atom. The minimum atomic E-state index is -4.71. The molecule has 0 bridgehead atoms. The maximum Gasteiger partial charge on any atom is 0.419 e. The molecule has 2 aliphatic rings. The average Bonchev–Trinajstić information content (AvgIpc) is 3.74. The number of nitrogens with zero attached hydrogens (tertiary/aromatic N) is 3. The van der Waals surface area contributed by atoms with E-state index in [-0.39, 0.29) is 24.0 Å². The van der Waals surface area contributed by atoms with Crippen LogP contribution < -0.4 is 11.1 Å². The number of halogens is 3. The smallest absolute Gasteiger partial charge is 0.419 e. The SMILES string of the molecule is NC(=O)C1(C(Cc2ccccc2)c2nc(Nc3ccc(C4CCN(C(=O)O)CC4)cc3)ncc2C(F)(F)F)CC1. The molecule has 40 heavy (non-hydrogen) atoms. The molecule has 1 saturated heterocycles. The van der Waals surface area contributed by atoms with Gasteiger partial charge in [0.2, 0.25) is 11.9 Å². The molecule has 2 aromatic carbocycles. The van der Waals surface area contributed by atoms with E-state index in [1.807, 2.05) is 30.3 Å². The normalized spacial score (nSPS) is 17.7. The minimum Gasteiger partial charge on any atom is -0.465 e. The van der Waals surface area contributed by atoms with Gasteiger partial charge in [-0.05, 0) is 61.3 Å². The van der Waals surface area contributed by atoms with Crippen LogP contribution in [-0.2, 0) is 17.4 Å². The topological polar surface area (TPSA) is 121 Å². The van der Waals surface area contributed by atoms with Crippen molar-refractivity contribution in [2.45, 2.75) is 50.1 Å². The second-order valence-corrected chi connectivity index (χ2v) is 10.5. The van der Waals surface area contributed by atoms with Gasteiger partial charge in [-0.3, -0.25) is 4.79 Å². The first-order valence-electron chi connectivity index (χ1n) is 13.2. The molecular formula is C29H30F3N5O3. The lowest BCUT2D eigenvalue weighted by atomic mass is 9.79. The molecule has 1 saturated carbocycles. The van der Waals surface area contributed by atoms with Gasteiger partial charge in [-0.15, -0.1) is 0 Å². The molecule has 3 aromatic rings. The number of hydrogen-bond donors (Lipinski definition) is 3. The number of likely N-dealkylation sites (tertiary alicyclic amines) is 1. The van der Waals surface area contributed by atoms with Crippen molar-refractivity contribution in [2.24, 2.45) is 11.1 Å². The zero-order valence-corrected chi connectivity index (χ0v) is 21.7. The van der Waals surface area contributed by atoms with E-state index in [0.29, 0.717) is 31.6 Å². The van der Waals surface area contributed by atoms with Crippen LogP contribution >= 0.6 is 0 Å². The molecule has 5 rings (SSSR count). The number of amides is 2. The predicted molar refractivity (Wildman–Crippen MR) is 142 cm³/mol. The van der Waals surface area contributed by atoms with Crippen LogP contribution in [0.4, 0.5) is 29.6 Å². The molecule has 4 N–H and O–H groups in total. The van der Waals surface area contributed by atoms with Crippen molar-refractivity contribution in [3.8, 4) is 0 Å². The number of carboxylic acid groups (broad SMARTS) is 1. The summed E-state index contributed by atoms with van der Waals surface area (Å²) in [6, 6.07) is 16.5. The molecule has 1 aromatic heterocycles. The fraction of sp³-hybridized carbons (Fsp3) is 0.379. The van der Waals surface area contributed by atoms with Gasteiger partial charge in [0.25, 0.3) is 0 Å². The van der Waals surface area contributed by atoms with Crippen molar-refractivity contribution in [3.63, 3.8) is 0 Å². The van der Waals surface area contributed by atoms with E-state index in [1.54, 1.807) is 24.3 Å². The Bertz CT molecular complexity index is 1370. The molecule has 1 aliphatic carbocycles. The molecule has 210 valence electrons. The van der Waals surface area contributed by atoms with Crippen molar-refractivity contribution in [1.29, 1.82) is 0 Å². The van der Waals surface area contributed by atoms with Crippen molar-refractivity contribution in [2.75, 3.05) is 18.4 Å². The summed E-state index contributed by atoms with van der Waals surface area (Å²) in [6.07, 6.45) is -2.45. The van der Waals surface area contributed by atoms with Crippen LogP contribution in [0, 0.1) is 5.41 Å². The van der Waals surface area contributed by atoms with Gasteiger partial charge >= 0.3 is 12.3 Å². The number of nitrogens with two attached hydrogens (primary N) is 1. The van der Waals surface area contributed by atoms with Gasteiger partial charge in [-0.1, -0.05) is 42.5 Å². The van der Waals surface area contributed by atoms with E-state index in [2.05, 4.69) is 15.3 Å². The molecule has 2 heterocycles. The van der Waals surface area contributed by atoms with Gasteiger partial charge in [0.1, 0.15) is 0 Å². The molecule has 2 fully saturated rings. The van der Waals surface area contributed by atoms with Crippen LogP contribution in [0.1, 0.15) is 59.9 Å². The molecule has 0 spiro atoms. The van der Waals surface area contributed by atoms with Crippen molar-refractivity contribution in [3.05, 3.63) is 83.2 Å². The number of rotatable bonds is 8. The first-order chi connectivity index (χ1) is 19.1. The third kappa shape index (κ3) is 5.73. The molecule has 2 amide bonds. The van der Waals surface area contributed by atoms with Crippen molar-refractivity contribution in [1.82, 2.24) is 14.9 Å². The lowest BCUT2D eigenvalue weighted by Crippen LogP contribution is -2.36. The van der Waals surface area contributed by atoms with E-state index < -0.39 is 35.1 Å². The highest BCUT2D eigenvalue weighted by Gasteiger charge is 2.57. The van der Waals surface area contributed by atoms with Crippen molar-refractivity contribution >= 4 is 23.6 Å². The van der Waals surface area contributed by atoms with Gasteiger partial charge in [-0.25, -0.2) is 14.8 Å². The van der Waals surface area contributed by atoms with Gasteiger partial charge < -0.3 is 21.1 Å². The largest absolute Gasteiger partial charge is 0.465 e. The Morgan fingerprint density at radius 2 is 1.73 bits per heavy atom. The standard InChI is InChI=1S/C29H30F3N5O3/c30-29(31,32)23-17-34-26(35-21-8-6-19(7-9-21)20-10-14-37(15-11-20)27(39)40)36-24(23)22(28(12-13-28)25(33)38)16-18-4-2-1-3-5-18/h1-9,17,20,22H,10-16H2,(H2,33,38)(H,39,40)(H,34,35,36). The summed E-state index contributed by atoms with van der Waals surface area (Å²) < 4.78 is 42.5. The van der Waals surface area contributed by atoms with E-state index in [4.69, 9.17) is 10.8 Å². The molecule has 8 nitrogen and oxygen atoms in total. The summed E-state index contributed by atoms with van der Waals surface area (Å²) in [5, 5.41) is 12.2. The van der Waals surface area contributed by atoms with E-state index in [1.165, 1.54) is 4.90 Å². The molecule has 1 atom stereocenters. The van der Waals surface area contributed by atoms with E-state index in [0.717, 1.165) is 30.2 Å². The summed E-state index contributed by atoms with van der Waals surface area (Å²) in [6.45, 7) is 0.943.